The monoisotopic (exact) mass is 412 g/mol. The van der Waals surface area contributed by atoms with Crippen molar-refractivity contribution in [1.82, 2.24) is 0 Å². The highest BCUT2D eigenvalue weighted by molar-refractivity contribution is 6.00. The maximum Gasteiger partial charge on any atom is 0.339 e. The minimum Gasteiger partial charge on any atom is -0.492 e. The summed E-state index contributed by atoms with van der Waals surface area (Å²) in [6.07, 6.45) is 1.74. The van der Waals surface area contributed by atoms with Crippen molar-refractivity contribution in [2.75, 3.05) is 17.2 Å². The first-order valence-electron chi connectivity index (χ1n) is 10.3. The van der Waals surface area contributed by atoms with E-state index in [1.807, 2.05) is 58.0 Å². The predicted molar refractivity (Wildman–Crippen MR) is 121 cm³/mol. The van der Waals surface area contributed by atoms with Crippen molar-refractivity contribution in [2.45, 2.75) is 59.4 Å². The first-order valence-corrected chi connectivity index (χ1v) is 10.3. The van der Waals surface area contributed by atoms with E-state index >= 15 is 0 Å². The first-order chi connectivity index (χ1) is 14.1. The minimum absolute atomic E-state index is 0.0840. The van der Waals surface area contributed by atoms with E-state index in [4.69, 9.17) is 4.74 Å². The minimum atomic E-state index is -1.07. The summed E-state index contributed by atoms with van der Waals surface area (Å²) in [7, 11) is 0. The number of carbonyl (C=O) groups is 2. The van der Waals surface area contributed by atoms with Crippen LogP contribution in [0.25, 0.3) is 0 Å². The van der Waals surface area contributed by atoms with Gasteiger partial charge in [-0.15, -0.1) is 0 Å². The molecule has 2 aromatic carbocycles. The zero-order valence-corrected chi connectivity index (χ0v) is 18.5. The fourth-order valence-corrected chi connectivity index (χ4v) is 3.25. The molecule has 0 heterocycles. The lowest BCUT2D eigenvalue weighted by Gasteiger charge is -2.29. The number of hydrogen-bond donors (Lipinski definition) is 3. The Bertz CT molecular complexity index is 886. The number of amides is 1. The van der Waals surface area contributed by atoms with Gasteiger partial charge in [0.05, 0.1) is 18.0 Å². The molecule has 0 radical (unpaired) electrons. The van der Waals surface area contributed by atoms with Crippen molar-refractivity contribution in [2.24, 2.45) is 0 Å². The summed E-state index contributed by atoms with van der Waals surface area (Å²) in [6, 6.07) is 11.3. The van der Waals surface area contributed by atoms with Crippen LogP contribution >= 0.6 is 0 Å². The van der Waals surface area contributed by atoms with E-state index in [1.165, 1.54) is 6.92 Å². The Morgan fingerprint density at radius 1 is 1.13 bits per heavy atom. The summed E-state index contributed by atoms with van der Waals surface area (Å²) in [5.74, 6) is -0.979. The third kappa shape index (κ3) is 5.99. The predicted octanol–water partition coefficient (Wildman–Crippen LogP) is 5.43. The average molecular weight is 413 g/mol. The molecule has 0 spiro atoms. The van der Waals surface area contributed by atoms with Gasteiger partial charge in [0, 0.05) is 19.0 Å². The van der Waals surface area contributed by atoms with Crippen LogP contribution in [0.5, 0.6) is 5.75 Å². The van der Waals surface area contributed by atoms with E-state index < -0.39 is 11.4 Å². The fraction of sp³-hybridized carbons (Fsp3) is 0.417. The number of hydrogen-bond acceptors (Lipinski definition) is 4. The van der Waals surface area contributed by atoms with Crippen LogP contribution in [0.2, 0.25) is 0 Å². The molecule has 0 aliphatic carbocycles. The largest absolute Gasteiger partial charge is 0.492 e. The summed E-state index contributed by atoms with van der Waals surface area (Å²) in [4.78, 5) is 24.1. The summed E-state index contributed by atoms with van der Waals surface area (Å²) >= 11 is 0. The number of carboxylic acids is 1. The van der Waals surface area contributed by atoms with Gasteiger partial charge >= 0.3 is 5.97 Å². The Morgan fingerprint density at radius 2 is 1.80 bits per heavy atom. The normalized spacial score (nSPS) is 11.1. The molecular formula is C24H32N2O4. The second-order valence-electron chi connectivity index (χ2n) is 8.33. The zero-order valence-electron chi connectivity index (χ0n) is 18.5. The molecular weight excluding hydrogens is 380 g/mol. The Balaban J connectivity index is 2.65. The highest BCUT2D eigenvalue weighted by Gasteiger charge is 2.30. The Labute approximate surface area is 178 Å². The molecule has 0 unspecified atom stereocenters. The SMILES string of the molecule is CCCCOc1c(C(=O)O)cc(NCc2ccccc2)c(NC(C)=O)c1C(C)(C)C. The molecule has 0 aliphatic heterocycles. The number of benzene rings is 2. The summed E-state index contributed by atoms with van der Waals surface area (Å²) in [5, 5.41) is 16.1. The molecule has 0 aliphatic rings. The van der Waals surface area contributed by atoms with Crippen LogP contribution in [0.4, 0.5) is 11.4 Å². The van der Waals surface area contributed by atoms with E-state index in [0.717, 1.165) is 18.4 Å². The van der Waals surface area contributed by atoms with Crippen LogP contribution in [-0.4, -0.2) is 23.6 Å². The van der Waals surface area contributed by atoms with Crippen LogP contribution in [0.15, 0.2) is 36.4 Å². The van der Waals surface area contributed by atoms with E-state index in [9.17, 15) is 14.7 Å². The van der Waals surface area contributed by atoms with Gasteiger partial charge in [-0.05, 0) is 23.5 Å². The van der Waals surface area contributed by atoms with E-state index in [2.05, 4.69) is 10.6 Å². The molecule has 3 N–H and O–H groups in total. The van der Waals surface area contributed by atoms with E-state index in [-0.39, 0.29) is 11.5 Å². The van der Waals surface area contributed by atoms with Crippen molar-refractivity contribution in [3.8, 4) is 5.75 Å². The molecule has 1 amide bonds. The topological polar surface area (TPSA) is 87.7 Å². The third-order valence-electron chi connectivity index (χ3n) is 4.63. The Hall–Kier alpha value is -3.02. The molecule has 0 saturated carbocycles. The van der Waals surface area contributed by atoms with Crippen molar-refractivity contribution >= 4 is 23.3 Å². The second kappa shape index (κ2) is 10.1. The van der Waals surface area contributed by atoms with Gasteiger partial charge in [0.1, 0.15) is 11.3 Å². The average Bonchev–Trinajstić information content (AvgIpc) is 2.66. The molecule has 2 aromatic rings. The van der Waals surface area contributed by atoms with Crippen molar-refractivity contribution in [3.63, 3.8) is 0 Å². The molecule has 162 valence electrons. The van der Waals surface area contributed by atoms with Crippen molar-refractivity contribution in [1.29, 1.82) is 0 Å². The molecule has 30 heavy (non-hydrogen) atoms. The van der Waals surface area contributed by atoms with Crippen LogP contribution in [0.3, 0.4) is 0 Å². The van der Waals surface area contributed by atoms with Gasteiger partial charge in [0.15, 0.2) is 0 Å². The first kappa shape index (κ1) is 23.3. The molecule has 0 bridgehead atoms. The Kier molecular flexibility index (Phi) is 7.86. The third-order valence-corrected chi connectivity index (χ3v) is 4.63. The molecule has 0 aromatic heterocycles. The lowest BCUT2D eigenvalue weighted by atomic mass is 9.83. The van der Waals surface area contributed by atoms with E-state index in [1.54, 1.807) is 6.07 Å². The molecule has 6 nitrogen and oxygen atoms in total. The number of unbranched alkanes of at least 4 members (excludes halogenated alkanes) is 1. The molecule has 0 fully saturated rings. The van der Waals surface area contributed by atoms with Crippen LogP contribution in [-0.2, 0) is 16.8 Å². The highest BCUT2D eigenvalue weighted by atomic mass is 16.5. The van der Waals surface area contributed by atoms with Gasteiger partial charge in [0.2, 0.25) is 5.91 Å². The number of carboxylic acid groups (broad SMARTS) is 1. The maximum absolute atomic E-state index is 12.1. The number of aromatic carboxylic acids is 1. The van der Waals surface area contributed by atoms with Crippen molar-refractivity contribution < 1.29 is 19.4 Å². The van der Waals surface area contributed by atoms with Gasteiger partial charge in [0.25, 0.3) is 0 Å². The molecule has 6 heteroatoms. The van der Waals surface area contributed by atoms with Gasteiger partial charge in [-0.2, -0.15) is 0 Å². The zero-order chi connectivity index (χ0) is 22.3. The van der Waals surface area contributed by atoms with E-state index in [0.29, 0.717) is 35.8 Å². The number of rotatable bonds is 9. The Morgan fingerprint density at radius 3 is 2.33 bits per heavy atom. The lowest BCUT2D eigenvalue weighted by molar-refractivity contribution is -0.114. The van der Waals surface area contributed by atoms with Gasteiger partial charge in [-0.3, -0.25) is 4.79 Å². The van der Waals surface area contributed by atoms with Gasteiger partial charge < -0.3 is 20.5 Å². The summed E-state index contributed by atoms with van der Waals surface area (Å²) in [5.41, 5.74) is 2.45. The number of ether oxygens (including phenoxy) is 1. The quantitative estimate of drug-likeness (QED) is 0.478. The van der Waals surface area contributed by atoms with Crippen molar-refractivity contribution in [3.05, 3.63) is 53.1 Å². The van der Waals surface area contributed by atoms with Gasteiger partial charge in [-0.1, -0.05) is 64.4 Å². The van der Waals surface area contributed by atoms with Crippen LogP contribution < -0.4 is 15.4 Å². The summed E-state index contributed by atoms with van der Waals surface area (Å²) in [6.45, 7) is 10.3. The standard InChI is InChI=1S/C24H32N2O4/c1-6-7-13-30-22-18(23(28)29)14-19(25-15-17-11-9-8-10-12-17)21(26-16(2)27)20(22)24(3,4)5/h8-12,14,25H,6-7,13,15H2,1-5H3,(H,26,27)(H,28,29). The van der Waals surface area contributed by atoms with Crippen LogP contribution in [0.1, 0.15) is 68.9 Å². The maximum atomic E-state index is 12.1. The number of nitrogens with one attached hydrogen (secondary N) is 2. The molecule has 2 rings (SSSR count). The lowest BCUT2D eigenvalue weighted by Crippen LogP contribution is -2.22. The second-order valence-corrected chi connectivity index (χ2v) is 8.33. The smallest absolute Gasteiger partial charge is 0.339 e. The van der Waals surface area contributed by atoms with Gasteiger partial charge in [-0.25, -0.2) is 4.79 Å². The molecule has 0 atom stereocenters. The number of carbonyl (C=O) groups excluding carboxylic acids is 1. The fourth-order valence-electron chi connectivity index (χ4n) is 3.25. The number of anilines is 2. The summed E-state index contributed by atoms with van der Waals surface area (Å²) < 4.78 is 5.98. The molecule has 0 saturated heterocycles. The highest BCUT2D eigenvalue weighted by Crippen LogP contribution is 2.44. The van der Waals surface area contributed by atoms with Crippen LogP contribution in [0, 0.1) is 0 Å².